The summed E-state index contributed by atoms with van der Waals surface area (Å²) in [7, 11) is 0. The molecule has 7 nitrogen and oxygen atoms in total. The van der Waals surface area contributed by atoms with Gasteiger partial charge in [0.1, 0.15) is 17.1 Å². The van der Waals surface area contributed by atoms with Gasteiger partial charge in [-0.15, -0.1) is 11.3 Å². The summed E-state index contributed by atoms with van der Waals surface area (Å²) in [6.45, 7) is 4.43. The summed E-state index contributed by atoms with van der Waals surface area (Å²) in [4.78, 5) is 20.7. The second kappa shape index (κ2) is 9.05. The average Bonchev–Trinajstić information content (AvgIpc) is 3.47. The smallest absolute Gasteiger partial charge is 0.274 e. The van der Waals surface area contributed by atoms with Crippen molar-refractivity contribution in [3.05, 3.63) is 82.5 Å². The van der Waals surface area contributed by atoms with Gasteiger partial charge in [-0.1, -0.05) is 19.0 Å². The maximum atomic E-state index is 13.3. The predicted octanol–water partition coefficient (Wildman–Crippen LogP) is 5.06. The minimum absolute atomic E-state index is 0.271. The lowest BCUT2D eigenvalue weighted by Gasteiger charge is -2.09. The number of carbonyl (C=O) groups excluding carboxylic acids is 1. The van der Waals surface area contributed by atoms with Gasteiger partial charge in [-0.05, 0) is 42.0 Å². The maximum Gasteiger partial charge on any atom is 0.274 e. The molecule has 0 bridgehead atoms. The number of carbonyl (C=O) groups is 1. The van der Waals surface area contributed by atoms with E-state index in [1.54, 1.807) is 29.0 Å². The van der Waals surface area contributed by atoms with E-state index in [0.29, 0.717) is 34.3 Å². The number of aromatic nitrogens is 4. The molecule has 0 spiro atoms. The third kappa shape index (κ3) is 5.13. The first-order valence-electron chi connectivity index (χ1n) is 9.65. The number of hydrogen-bond donors (Lipinski definition) is 1. The van der Waals surface area contributed by atoms with Crippen molar-refractivity contribution in [3.8, 4) is 0 Å². The van der Waals surface area contributed by atoms with E-state index in [9.17, 15) is 9.18 Å². The van der Waals surface area contributed by atoms with Crippen LogP contribution in [0.4, 0.5) is 9.52 Å². The highest BCUT2D eigenvalue weighted by Gasteiger charge is 2.13. The van der Waals surface area contributed by atoms with E-state index in [2.05, 4.69) is 20.4 Å². The van der Waals surface area contributed by atoms with Crippen LogP contribution in [0.15, 0.2) is 52.6 Å². The van der Waals surface area contributed by atoms with Gasteiger partial charge < -0.3 is 9.09 Å². The Balaban J connectivity index is 1.41. The highest BCUT2D eigenvalue weighted by atomic mass is 32.1. The second-order valence-electron chi connectivity index (χ2n) is 7.18. The topological polar surface area (TPSA) is 85.8 Å². The van der Waals surface area contributed by atoms with E-state index < -0.39 is 5.95 Å². The monoisotopic (exact) mass is 437 g/mol. The molecule has 0 aliphatic carbocycles. The molecule has 4 aromatic heterocycles. The Kier molecular flexibility index (Phi) is 6.03. The van der Waals surface area contributed by atoms with Crippen LogP contribution in [0.5, 0.6) is 0 Å². The van der Waals surface area contributed by atoms with E-state index in [0.717, 1.165) is 5.76 Å². The number of halogens is 1. The number of rotatable bonds is 7. The highest BCUT2D eigenvalue weighted by molar-refractivity contribution is 7.14. The van der Waals surface area contributed by atoms with E-state index in [1.165, 1.54) is 23.6 Å². The van der Waals surface area contributed by atoms with Crippen LogP contribution in [0.3, 0.4) is 0 Å². The molecule has 4 heterocycles. The molecule has 4 aromatic rings. The molecule has 0 aromatic carbocycles. The number of pyridine rings is 1. The molecular weight excluding hydrogens is 417 g/mol. The Morgan fingerprint density at radius 1 is 1.29 bits per heavy atom. The van der Waals surface area contributed by atoms with Crippen LogP contribution < -0.4 is 5.32 Å². The van der Waals surface area contributed by atoms with Crippen LogP contribution in [0.2, 0.25) is 0 Å². The van der Waals surface area contributed by atoms with Gasteiger partial charge in [0.15, 0.2) is 5.13 Å². The minimum Gasteiger partial charge on any atom is -0.361 e. The zero-order valence-electron chi connectivity index (χ0n) is 16.9. The molecule has 0 atom stereocenters. The Labute approximate surface area is 182 Å². The molecular formula is C22H20FN5O2S. The minimum atomic E-state index is -0.551. The van der Waals surface area contributed by atoms with E-state index in [4.69, 9.17) is 4.52 Å². The van der Waals surface area contributed by atoms with E-state index >= 15 is 0 Å². The van der Waals surface area contributed by atoms with E-state index in [-0.39, 0.29) is 11.8 Å². The summed E-state index contributed by atoms with van der Waals surface area (Å²) in [5.74, 6) is 0.253. The summed E-state index contributed by atoms with van der Waals surface area (Å²) in [6, 6.07) is 8.42. The van der Waals surface area contributed by atoms with Crippen molar-refractivity contribution in [2.75, 3.05) is 5.32 Å². The zero-order chi connectivity index (χ0) is 21.8. The van der Waals surface area contributed by atoms with Crippen LogP contribution in [-0.4, -0.2) is 25.6 Å². The maximum absolute atomic E-state index is 13.3. The van der Waals surface area contributed by atoms with Gasteiger partial charge >= 0.3 is 0 Å². The molecule has 0 saturated heterocycles. The third-order valence-corrected chi connectivity index (χ3v) is 5.26. The number of nitrogens with zero attached hydrogens (tertiary/aromatic N) is 4. The molecule has 0 saturated carbocycles. The number of anilines is 1. The number of amides is 1. The quantitative estimate of drug-likeness (QED) is 0.409. The first-order chi connectivity index (χ1) is 15.0. The SMILES string of the molecule is CC(C)c1cc(/C=C/c2csc(NC(=O)c3cccn3Cc3ccnc(F)c3)n2)no1. The third-order valence-electron chi connectivity index (χ3n) is 4.49. The van der Waals surface area contributed by atoms with Crippen molar-refractivity contribution < 1.29 is 13.7 Å². The molecule has 31 heavy (non-hydrogen) atoms. The Hall–Kier alpha value is -3.59. The van der Waals surface area contributed by atoms with Crippen LogP contribution in [-0.2, 0) is 6.54 Å². The average molecular weight is 438 g/mol. The summed E-state index contributed by atoms with van der Waals surface area (Å²) in [5, 5.41) is 9.14. The first kappa shape index (κ1) is 20.7. The molecule has 9 heteroatoms. The molecule has 0 aliphatic heterocycles. The molecule has 0 fully saturated rings. The van der Waals surface area contributed by atoms with Crippen molar-refractivity contribution in [2.45, 2.75) is 26.3 Å². The Morgan fingerprint density at radius 3 is 2.90 bits per heavy atom. The summed E-state index contributed by atoms with van der Waals surface area (Å²) >= 11 is 1.33. The van der Waals surface area contributed by atoms with Crippen LogP contribution in [0.25, 0.3) is 12.2 Å². The summed E-state index contributed by atoms with van der Waals surface area (Å²) in [5.41, 5.74) is 2.59. The van der Waals surface area contributed by atoms with Crippen molar-refractivity contribution in [2.24, 2.45) is 0 Å². The number of nitrogens with one attached hydrogen (secondary N) is 1. The standard InChI is InChI=1S/C22H20FN5O2S/c1-14(2)19-11-16(27-30-19)5-6-17-13-31-22(25-17)26-21(29)18-4-3-9-28(18)12-15-7-8-24-20(23)10-15/h3-11,13-14H,12H2,1-2H3,(H,25,26,29)/b6-5+. The summed E-state index contributed by atoms with van der Waals surface area (Å²) < 4.78 is 20.3. The van der Waals surface area contributed by atoms with Gasteiger partial charge in [0.2, 0.25) is 5.95 Å². The fourth-order valence-corrected chi connectivity index (χ4v) is 3.58. The zero-order valence-corrected chi connectivity index (χ0v) is 17.8. The molecule has 1 N–H and O–H groups in total. The fourth-order valence-electron chi connectivity index (χ4n) is 2.90. The second-order valence-corrected chi connectivity index (χ2v) is 8.04. The van der Waals surface area contributed by atoms with Crippen LogP contribution in [0, 0.1) is 5.95 Å². The van der Waals surface area contributed by atoms with Gasteiger partial charge in [0.25, 0.3) is 5.91 Å². The highest BCUT2D eigenvalue weighted by Crippen LogP contribution is 2.20. The summed E-state index contributed by atoms with van der Waals surface area (Å²) in [6.07, 6.45) is 6.80. The molecule has 0 unspecified atom stereocenters. The molecule has 1 amide bonds. The lowest BCUT2D eigenvalue weighted by molar-refractivity contribution is 0.101. The lowest BCUT2D eigenvalue weighted by Crippen LogP contribution is -2.17. The molecule has 0 aliphatic rings. The predicted molar refractivity (Wildman–Crippen MR) is 117 cm³/mol. The Morgan fingerprint density at radius 2 is 2.13 bits per heavy atom. The van der Waals surface area contributed by atoms with Crippen LogP contribution in [0.1, 0.15) is 53.0 Å². The fraction of sp³-hybridized carbons (Fsp3) is 0.182. The van der Waals surface area contributed by atoms with Crippen molar-refractivity contribution in [3.63, 3.8) is 0 Å². The molecule has 0 radical (unpaired) electrons. The van der Waals surface area contributed by atoms with Crippen LogP contribution >= 0.6 is 11.3 Å². The molecule has 158 valence electrons. The van der Waals surface area contributed by atoms with Gasteiger partial charge in [0.05, 0.1) is 5.69 Å². The van der Waals surface area contributed by atoms with Gasteiger partial charge in [-0.2, -0.15) is 4.39 Å². The van der Waals surface area contributed by atoms with E-state index in [1.807, 2.05) is 37.4 Å². The van der Waals surface area contributed by atoms with Gasteiger partial charge in [0, 0.05) is 36.3 Å². The van der Waals surface area contributed by atoms with Crippen molar-refractivity contribution in [1.82, 2.24) is 19.7 Å². The Bertz CT molecular complexity index is 1220. The normalized spacial score (nSPS) is 11.5. The number of thiazole rings is 1. The number of hydrogen-bond acceptors (Lipinski definition) is 6. The first-order valence-corrected chi connectivity index (χ1v) is 10.5. The largest absolute Gasteiger partial charge is 0.361 e. The van der Waals surface area contributed by atoms with Crippen molar-refractivity contribution in [1.29, 1.82) is 0 Å². The lowest BCUT2D eigenvalue weighted by atomic mass is 10.1. The van der Waals surface area contributed by atoms with Crippen molar-refractivity contribution >= 4 is 34.5 Å². The van der Waals surface area contributed by atoms with Gasteiger partial charge in [-0.3, -0.25) is 10.1 Å². The van der Waals surface area contributed by atoms with Gasteiger partial charge in [-0.25, -0.2) is 9.97 Å². The molecule has 4 rings (SSSR count).